The molecule has 0 fully saturated rings. The van der Waals surface area contributed by atoms with Gasteiger partial charge >= 0.3 is 5.97 Å². The van der Waals surface area contributed by atoms with Crippen molar-refractivity contribution in [3.63, 3.8) is 0 Å². The van der Waals surface area contributed by atoms with Crippen molar-refractivity contribution in [2.45, 2.75) is 92.4 Å². The van der Waals surface area contributed by atoms with Crippen LogP contribution in [0.1, 0.15) is 92.4 Å². The van der Waals surface area contributed by atoms with Crippen LogP contribution >= 0.6 is 0 Å². The second-order valence-corrected chi connectivity index (χ2v) is 6.71. The number of hydrogen-bond donors (Lipinski definition) is 0. The Balaban J connectivity index is 5.36. The molecule has 0 rings (SSSR count). The predicted octanol–water partition coefficient (Wildman–Crippen LogP) is 5.74. The molecule has 0 bridgehead atoms. The van der Waals surface area contributed by atoms with Crippen LogP contribution < -0.4 is 0 Å². The lowest BCUT2D eigenvalue weighted by Crippen LogP contribution is -2.44. The normalized spacial score (nSPS) is 12.5. The van der Waals surface area contributed by atoms with Gasteiger partial charge in [-0.1, -0.05) is 59.3 Å². The Hall–Kier alpha value is -0.530. The molecular formula is C18H36O2. The van der Waals surface area contributed by atoms with Crippen LogP contribution in [0.25, 0.3) is 0 Å². The molecule has 0 saturated carbocycles. The molecule has 0 amide bonds. The number of rotatable bonds is 11. The molecule has 0 saturated heterocycles. The van der Waals surface area contributed by atoms with E-state index in [0.717, 1.165) is 19.3 Å². The maximum absolute atomic E-state index is 12.3. The lowest BCUT2D eigenvalue weighted by molar-refractivity contribution is -0.161. The van der Waals surface area contributed by atoms with Gasteiger partial charge in [-0.3, -0.25) is 4.79 Å². The molecule has 0 unspecified atom stereocenters. The summed E-state index contributed by atoms with van der Waals surface area (Å²) in [6.45, 7) is 10.9. The Kier molecular flexibility index (Phi) is 9.16. The van der Waals surface area contributed by atoms with Gasteiger partial charge in [0.15, 0.2) is 0 Å². The number of carbonyl (C=O) groups is 1. The monoisotopic (exact) mass is 284 g/mol. The van der Waals surface area contributed by atoms with Gasteiger partial charge in [-0.15, -0.1) is 0 Å². The molecule has 0 radical (unpaired) electrons. The third kappa shape index (κ3) is 4.79. The van der Waals surface area contributed by atoms with Crippen LogP contribution in [-0.4, -0.2) is 13.1 Å². The number of esters is 1. The van der Waals surface area contributed by atoms with Gasteiger partial charge in [0.1, 0.15) is 0 Å². The minimum Gasteiger partial charge on any atom is -0.469 e. The second kappa shape index (κ2) is 9.41. The molecule has 0 spiro atoms. The summed E-state index contributed by atoms with van der Waals surface area (Å²) in [5, 5.41) is 0. The first kappa shape index (κ1) is 19.5. The fourth-order valence-corrected chi connectivity index (χ4v) is 3.33. The fraction of sp³-hybridized carbons (Fsp3) is 0.944. The van der Waals surface area contributed by atoms with Gasteiger partial charge in [0.05, 0.1) is 12.5 Å². The highest BCUT2D eigenvalue weighted by Gasteiger charge is 2.48. The van der Waals surface area contributed by atoms with Crippen molar-refractivity contribution in [3.05, 3.63) is 0 Å². The van der Waals surface area contributed by atoms with E-state index in [4.69, 9.17) is 4.74 Å². The van der Waals surface area contributed by atoms with Crippen molar-refractivity contribution in [1.29, 1.82) is 0 Å². The highest BCUT2D eigenvalue weighted by atomic mass is 16.5. The number of ether oxygens (including phenoxy) is 1. The van der Waals surface area contributed by atoms with Crippen LogP contribution in [0.3, 0.4) is 0 Å². The Morgan fingerprint density at radius 2 is 1.20 bits per heavy atom. The molecule has 0 atom stereocenters. The molecule has 0 aromatic rings. The van der Waals surface area contributed by atoms with Crippen LogP contribution in [0, 0.1) is 10.8 Å². The van der Waals surface area contributed by atoms with Crippen molar-refractivity contribution >= 4 is 5.97 Å². The van der Waals surface area contributed by atoms with Crippen LogP contribution in [0.4, 0.5) is 0 Å². The summed E-state index contributed by atoms with van der Waals surface area (Å²) in [4.78, 5) is 12.3. The van der Waals surface area contributed by atoms with Crippen molar-refractivity contribution in [3.8, 4) is 0 Å². The summed E-state index contributed by atoms with van der Waals surface area (Å²) >= 11 is 0. The van der Waals surface area contributed by atoms with Crippen molar-refractivity contribution in [2.75, 3.05) is 7.11 Å². The number of hydrogen-bond acceptors (Lipinski definition) is 2. The standard InChI is InChI=1S/C18H36O2/c1-7-10-13-18(14-11-8-2,15-12-9-3)17(4,5)16(19)20-6/h7-15H2,1-6H3. The topological polar surface area (TPSA) is 26.3 Å². The van der Waals surface area contributed by atoms with E-state index in [1.807, 2.05) is 0 Å². The van der Waals surface area contributed by atoms with E-state index in [2.05, 4.69) is 34.6 Å². The Morgan fingerprint density at radius 3 is 1.45 bits per heavy atom. The molecule has 0 aromatic heterocycles. The summed E-state index contributed by atoms with van der Waals surface area (Å²) in [5.41, 5.74) is -0.288. The molecule has 0 aliphatic carbocycles. The van der Waals surface area contributed by atoms with Gasteiger partial charge in [-0.25, -0.2) is 0 Å². The minimum absolute atomic E-state index is 0.0409. The molecule has 0 heterocycles. The van der Waals surface area contributed by atoms with Gasteiger partial charge in [-0.05, 0) is 38.5 Å². The van der Waals surface area contributed by atoms with Crippen molar-refractivity contribution < 1.29 is 9.53 Å². The Labute approximate surface area is 126 Å². The van der Waals surface area contributed by atoms with Crippen molar-refractivity contribution in [1.82, 2.24) is 0 Å². The Bertz CT molecular complexity index is 247. The molecule has 120 valence electrons. The highest BCUT2D eigenvalue weighted by molar-refractivity contribution is 5.76. The first-order valence-corrected chi connectivity index (χ1v) is 8.50. The smallest absolute Gasteiger partial charge is 0.311 e. The van der Waals surface area contributed by atoms with Gasteiger partial charge in [0, 0.05) is 0 Å². The zero-order valence-corrected chi connectivity index (χ0v) is 14.7. The van der Waals surface area contributed by atoms with Crippen LogP contribution in [0.5, 0.6) is 0 Å². The summed E-state index contributed by atoms with van der Waals surface area (Å²) in [5.74, 6) is -0.0409. The molecule has 0 aliphatic rings. The minimum atomic E-state index is -0.388. The molecule has 20 heavy (non-hydrogen) atoms. The van der Waals surface area contributed by atoms with E-state index in [9.17, 15) is 4.79 Å². The maximum Gasteiger partial charge on any atom is 0.311 e. The number of carbonyl (C=O) groups excluding carboxylic acids is 1. The number of unbranched alkanes of at least 4 members (excludes halogenated alkanes) is 3. The third-order valence-electron chi connectivity index (χ3n) is 5.05. The first-order valence-electron chi connectivity index (χ1n) is 8.50. The molecule has 0 aliphatic heterocycles. The van der Waals surface area contributed by atoms with Crippen LogP contribution in [-0.2, 0) is 9.53 Å². The van der Waals surface area contributed by atoms with E-state index >= 15 is 0 Å². The van der Waals surface area contributed by atoms with E-state index in [1.165, 1.54) is 45.6 Å². The predicted molar refractivity (Wildman–Crippen MR) is 86.8 cm³/mol. The van der Waals surface area contributed by atoms with Gasteiger partial charge in [-0.2, -0.15) is 0 Å². The van der Waals surface area contributed by atoms with Gasteiger partial charge in [0.2, 0.25) is 0 Å². The number of methoxy groups -OCH3 is 1. The highest BCUT2D eigenvalue weighted by Crippen LogP contribution is 2.51. The summed E-state index contributed by atoms with van der Waals surface area (Å²) in [7, 11) is 1.52. The van der Waals surface area contributed by atoms with E-state index in [1.54, 1.807) is 0 Å². The largest absolute Gasteiger partial charge is 0.469 e. The Morgan fingerprint density at radius 1 is 0.850 bits per heavy atom. The fourth-order valence-electron chi connectivity index (χ4n) is 3.33. The van der Waals surface area contributed by atoms with Crippen LogP contribution in [0.2, 0.25) is 0 Å². The third-order valence-corrected chi connectivity index (χ3v) is 5.05. The average Bonchev–Trinajstić information content (AvgIpc) is 2.45. The maximum atomic E-state index is 12.3. The lowest BCUT2D eigenvalue weighted by Gasteiger charge is -2.46. The van der Waals surface area contributed by atoms with Crippen molar-refractivity contribution in [2.24, 2.45) is 10.8 Å². The first-order chi connectivity index (χ1) is 9.41. The second-order valence-electron chi connectivity index (χ2n) is 6.71. The zero-order valence-electron chi connectivity index (χ0n) is 14.7. The molecule has 2 heteroatoms. The summed E-state index contributed by atoms with van der Waals surface area (Å²) in [6.07, 6.45) is 10.6. The van der Waals surface area contributed by atoms with Gasteiger partial charge < -0.3 is 4.74 Å². The molecule has 2 nitrogen and oxygen atoms in total. The van der Waals surface area contributed by atoms with Crippen LogP contribution in [0.15, 0.2) is 0 Å². The molecule has 0 N–H and O–H groups in total. The van der Waals surface area contributed by atoms with E-state index in [0.29, 0.717) is 0 Å². The molecule has 0 aromatic carbocycles. The quantitative estimate of drug-likeness (QED) is 0.452. The molecular weight excluding hydrogens is 248 g/mol. The summed E-state index contributed by atoms with van der Waals surface area (Å²) < 4.78 is 5.12. The van der Waals surface area contributed by atoms with Gasteiger partial charge in [0.25, 0.3) is 0 Å². The van der Waals surface area contributed by atoms with E-state index < -0.39 is 0 Å². The van der Waals surface area contributed by atoms with E-state index in [-0.39, 0.29) is 16.8 Å². The average molecular weight is 284 g/mol. The lowest BCUT2D eigenvalue weighted by atomic mass is 9.58. The zero-order chi connectivity index (χ0) is 15.6. The summed E-state index contributed by atoms with van der Waals surface area (Å²) in [6, 6.07) is 0. The SMILES string of the molecule is CCCCC(CCCC)(CCCC)C(C)(C)C(=O)OC.